The predicted octanol–water partition coefficient (Wildman–Crippen LogP) is 17.7. The Bertz CT molecular complexity index is 505. The summed E-state index contributed by atoms with van der Waals surface area (Å²) in [6.45, 7) is 4.56. The highest BCUT2D eigenvalue weighted by Gasteiger charge is 1.99. The molecule has 7 heteroatoms. The van der Waals surface area contributed by atoms with Crippen LogP contribution in [0.1, 0.15) is 206 Å². The molecular formula is C42H86S7. The molecule has 0 saturated heterocycles. The molecule has 0 aromatic carbocycles. The minimum absolute atomic E-state index is 1.30. The molecular weight excluding hydrogens is 729 g/mol. The van der Waals surface area contributed by atoms with E-state index in [0.717, 1.165) is 0 Å². The molecule has 0 aromatic heterocycles. The van der Waals surface area contributed by atoms with E-state index in [2.05, 4.69) is 71.7 Å². The van der Waals surface area contributed by atoms with Gasteiger partial charge in [0.25, 0.3) is 0 Å². The Kier molecular flexibility index (Phi) is 53.0. The number of unbranched alkanes of at least 4 members (excludes halogenated alkanes) is 24. The van der Waals surface area contributed by atoms with Gasteiger partial charge in [-0.15, -0.1) is 0 Å². The van der Waals surface area contributed by atoms with E-state index >= 15 is 0 Å². The Morgan fingerprint density at radius 3 is 0.755 bits per heavy atom. The molecule has 0 unspecified atom stereocenters. The monoisotopic (exact) mass is 814 g/mol. The Labute approximate surface area is 339 Å². The minimum atomic E-state index is 1.30. The Morgan fingerprint density at radius 1 is 0.204 bits per heavy atom. The van der Waals surface area contributed by atoms with Gasteiger partial charge in [-0.2, -0.15) is 47.0 Å². The number of hydrogen-bond acceptors (Lipinski definition) is 7. The average molecular weight is 816 g/mol. The van der Waals surface area contributed by atoms with Crippen LogP contribution in [0.15, 0.2) is 0 Å². The summed E-state index contributed by atoms with van der Waals surface area (Å²) in [6.07, 6.45) is 43.6. The fourth-order valence-corrected chi connectivity index (χ4v) is 14.1. The molecule has 0 aromatic rings. The maximum absolute atomic E-state index is 2.30. The van der Waals surface area contributed by atoms with Gasteiger partial charge in [0.2, 0.25) is 0 Å². The summed E-state index contributed by atoms with van der Waals surface area (Å²) in [7, 11) is 6.11. The molecule has 49 heavy (non-hydrogen) atoms. The van der Waals surface area contributed by atoms with Crippen LogP contribution in [0.2, 0.25) is 0 Å². The largest absolute Gasteiger partial charge is 0.162 e. The van der Waals surface area contributed by atoms with Gasteiger partial charge in [0.05, 0.1) is 0 Å². The minimum Gasteiger partial charge on any atom is -0.162 e. The molecule has 0 nitrogen and oxygen atoms in total. The van der Waals surface area contributed by atoms with Gasteiger partial charge in [0, 0.05) is 11.5 Å². The third-order valence-electron chi connectivity index (χ3n) is 9.02. The molecule has 0 aliphatic heterocycles. The van der Waals surface area contributed by atoms with Crippen LogP contribution >= 0.6 is 78.5 Å². The average Bonchev–Trinajstić information content (AvgIpc) is 3.11. The van der Waals surface area contributed by atoms with Crippen molar-refractivity contribution in [1.29, 1.82) is 0 Å². The summed E-state index contributed by atoms with van der Waals surface area (Å²) >= 11 is 8.80. The summed E-state index contributed by atoms with van der Waals surface area (Å²) in [5.74, 6) is 13.8. The van der Waals surface area contributed by atoms with E-state index in [1.165, 1.54) is 250 Å². The molecule has 0 saturated carbocycles. The molecule has 0 heterocycles. The van der Waals surface area contributed by atoms with Gasteiger partial charge in [-0.1, -0.05) is 177 Å². The van der Waals surface area contributed by atoms with Crippen molar-refractivity contribution in [1.82, 2.24) is 0 Å². The summed E-state index contributed by atoms with van der Waals surface area (Å²) in [5, 5.41) is 0. The predicted molar refractivity (Wildman–Crippen MR) is 252 cm³/mol. The van der Waals surface area contributed by atoms with E-state index in [-0.39, 0.29) is 0 Å². The van der Waals surface area contributed by atoms with Crippen molar-refractivity contribution in [2.75, 3.05) is 57.5 Å². The second kappa shape index (κ2) is 50.5. The topological polar surface area (TPSA) is 0 Å². The molecule has 0 bridgehead atoms. The lowest BCUT2D eigenvalue weighted by Crippen LogP contribution is -1.91. The highest BCUT2D eigenvalue weighted by Crippen LogP contribution is 2.35. The Morgan fingerprint density at radius 2 is 0.449 bits per heavy atom. The summed E-state index contributed by atoms with van der Waals surface area (Å²) < 4.78 is 0. The van der Waals surface area contributed by atoms with E-state index in [0.29, 0.717) is 0 Å². The van der Waals surface area contributed by atoms with Gasteiger partial charge in [0.15, 0.2) is 0 Å². The molecule has 0 spiro atoms. The van der Waals surface area contributed by atoms with Crippen molar-refractivity contribution in [3.63, 3.8) is 0 Å². The number of hydrogen-bond donors (Lipinski definition) is 0. The van der Waals surface area contributed by atoms with Crippen LogP contribution < -0.4 is 0 Å². The normalized spacial score (nSPS) is 11.6. The second-order valence-corrected chi connectivity index (χ2v) is 23.4. The fraction of sp³-hybridized carbons (Fsp3) is 1.00. The lowest BCUT2D eigenvalue weighted by molar-refractivity contribution is 0.523. The zero-order chi connectivity index (χ0) is 35.2. The number of thioether (sulfide) groups is 4. The van der Waals surface area contributed by atoms with Gasteiger partial charge in [-0.25, -0.2) is 0 Å². The molecule has 0 N–H and O–H groups in total. The van der Waals surface area contributed by atoms with Crippen LogP contribution in [0.25, 0.3) is 0 Å². The first-order valence-electron chi connectivity index (χ1n) is 21.6. The standard InChI is InChI=1S/C42H86S7/c1-3-5-26-34-43-38-31-39-45-36-28-24-25-29-37-46-41-32-40-44-35-27-22-20-18-16-14-12-10-8-6-7-9-11-13-15-17-19-21-23-30-42-48-49-47-33-4-2/h3-42H2,1-2H3. The summed E-state index contributed by atoms with van der Waals surface area (Å²) in [6, 6.07) is 0. The van der Waals surface area contributed by atoms with Crippen LogP contribution in [0, 0.1) is 0 Å². The molecule has 0 rings (SSSR count). The van der Waals surface area contributed by atoms with Crippen molar-refractivity contribution in [2.45, 2.75) is 206 Å². The molecule has 0 radical (unpaired) electrons. The van der Waals surface area contributed by atoms with Gasteiger partial charge >= 0.3 is 0 Å². The quantitative estimate of drug-likeness (QED) is 0.0438. The SMILES string of the molecule is CCCCCSCCCSCCCCCCSCCCSCCCCCCCCCCCCCCCCCCCCCCSSSCCC. The summed E-state index contributed by atoms with van der Waals surface area (Å²) in [4.78, 5) is 0. The number of rotatable bonds is 46. The smallest absolute Gasteiger partial charge is 0.00451 e. The van der Waals surface area contributed by atoms with Crippen LogP contribution in [0.3, 0.4) is 0 Å². The second-order valence-electron chi connectivity index (χ2n) is 14.1. The van der Waals surface area contributed by atoms with E-state index in [1.54, 1.807) is 0 Å². The Balaban J connectivity index is 3.04. The molecule has 0 fully saturated rings. The van der Waals surface area contributed by atoms with E-state index < -0.39 is 0 Å². The molecule has 0 aliphatic rings. The van der Waals surface area contributed by atoms with Gasteiger partial charge in [0.1, 0.15) is 0 Å². The van der Waals surface area contributed by atoms with Crippen LogP contribution in [0.5, 0.6) is 0 Å². The van der Waals surface area contributed by atoms with Gasteiger partial charge in [-0.3, -0.25) is 0 Å². The maximum atomic E-state index is 2.30. The van der Waals surface area contributed by atoms with Crippen molar-refractivity contribution in [3.05, 3.63) is 0 Å². The first kappa shape index (κ1) is 51.5. The van der Waals surface area contributed by atoms with E-state index in [4.69, 9.17) is 0 Å². The van der Waals surface area contributed by atoms with Crippen LogP contribution in [0.4, 0.5) is 0 Å². The molecule has 0 atom stereocenters. The Hall–Kier alpha value is 2.45. The first-order valence-corrected chi connectivity index (χ1v) is 30.1. The zero-order valence-corrected chi connectivity index (χ0v) is 38.9. The summed E-state index contributed by atoms with van der Waals surface area (Å²) in [5.41, 5.74) is 0. The van der Waals surface area contributed by atoms with Crippen LogP contribution in [-0.4, -0.2) is 57.5 Å². The van der Waals surface area contributed by atoms with E-state index in [1.807, 2.05) is 20.6 Å². The lowest BCUT2D eigenvalue weighted by Gasteiger charge is -2.05. The molecule has 0 amide bonds. The van der Waals surface area contributed by atoms with E-state index in [9.17, 15) is 0 Å². The molecule has 0 aliphatic carbocycles. The van der Waals surface area contributed by atoms with Gasteiger partial charge in [-0.05, 0) is 107 Å². The highest BCUT2D eigenvalue weighted by atomic mass is 33.5. The van der Waals surface area contributed by atoms with Crippen LogP contribution in [-0.2, 0) is 0 Å². The van der Waals surface area contributed by atoms with Crippen molar-refractivity contribution >= 4 is 78.5 Å². The zero-order valence-electron chi connectivity index (χ0n) is 33.1. The maximum Gasteiger partial charge on any atom is 0.00451 e. The van der Waals surface area contributed by atoms with Crippen molar-refractivity contribution in [2.24, 2.45) is 0 Å². The molecule has 296 valence electrons. The third-order valence-corrected chi connectivity index (χ3v) is 18.2. The fourth-order valence-electron chi connectivity index (χ4n) is 5.88. The van der Waals surface area contributed by atoms with Crippen molar-refractivity contribution in [3.8, 4) is 0 Å². The first-order chi connectivity index (χ1) is 24.4. The van der Waals surface area contributed by atoms with Crippen molar-refractivity contribution < 1.29 is 0 Å². The van der Waals surface area contributed by atoms with Gasteiger partial charge < -0.3 is 0 Å². The highest BCUT2D eigenvalue weighted by molar-refractivity contribution is 9.09. The third kappa shape index (κ3) is 50.5. The lowest BCUT2D eigenvalue weighted by atomic mass is 10.0.